The van der Waals surface area contributed by atoms with Crippen LogP contribution in [0.1, 0.15) is 67.7 Å². The summed E-state index contributed by atoms with van der Waals surface area (Å²) in [5, 5.41) is 0.962. The van der Waals surface area contributed by atoms with Gasteiger partial charge in [0.05, 0.1) is 6.61 Å². The van der Waals surface area contributed by atoms with E-state index < -0.39 is 0 Å². The summed E-state index contributed by atoms with van der Waals surface area (Å²) in [4.78, 5) is 0. The van der Waals surface area contributed by atoms with E-state index in [1.807, 2.05) is 0 Å². The maximum atomic E-state index is 6.16. The third-order valence-electron chi connectivity index (χ3n) is 6.01. The second-order valence-electron chi connectivity index (χ2n) is 9.57. The van der Waals surface area contributed by atoms with Crippen LogP contribution < -0.4 is 9.47 Å². The van der Waals surface area contributed by atoms with Gasteiger partial charge >= 0.3 is 0 Å². The van der Waals surface area contributed by atoms with Crippen molar-refractivity contribution in [2.75, 3.05) is 11.9 Å². The Labute approximate surface area is 201 Å². The number of halogens is 1. The lowest BCUT2D eigenvalue weighted by Gasteiger charge is -2.35. The number of alkyl halides is 1. The first-order chi connectivity index (χ1) is 15.4. The molecule has 0 spiro atoms. The van der Waals surface area contributed by atoms with Gasteiger partial charge in [0.2, 0.25) is 0 Å². The molecule has 168 valence electrons. The molecule has 0 heterocycles. The summed E-state index contributed by atoms with van der Waals surface area (Å²) in [6.07, 6.45) is 3.21. The predicted octanol–water partition coefficient (Wildman–Crippen LogP) is 7.89. The first kappa shape index (κ1) is 22.9. The van der Waals surface area contributed by atoms with Gasteiger partial charge in [0.1, 0.15) is 17.1 Å². The molecule has 0 unspecified atom stereocenters. The summed E-state index contributed by atoms with van der Waals surface area (Å²) in [7, 11) is 0. The number of ether oxygens (including phenoxy) is 2. The van der Waals surface area contributed by atoms with Gasteiger partial charge in [-0.05, 0) is 92.5 Å². The molecule has 3 aromatic carbocycles. The summed E-state index contributed by atoms with van der Waals surface area (Å²) in [5.41, 5.74) is 5.38. The minimum atomic E-state index is -0.195. The molecule has 32 heavy (non-hydrogen) atoms. The van der Waals surface area contributed by atoms with Crippen LogP contribution in [0.2, 0.25) is 0 Å². The van der Waals surface area contributed by atoms with Crippen molar-refractivity contribution in [2.24, 2.45) is 0 Å². The molecule has 0 aliphatic heterocycles. The van der Waals surface area contributed by atoms with Gasteiger partial charge in [0.15, 0.2) is 0 Å². The lowest BCUT2D eigenvalue weighted by molar-refractivity contribution is 0.130. The summed E-state index contributed by atoms with van der Waals surface area (Å²) in [5.74, 6) is 2.68. The van der Waals surface area contributed by atoms with Crippen molar-refractivity contribution in [1.82, 2.24) is 0 Å². The van der Waals surface area contributed by atoms with Gasteiger partial charge in [-0.3, -0.25) is 0 Å². The van der Waals surface area contributed by atoms with Crippen LogP contribution in [0.3, 0.4) is 0 Å². The zero-order valence-electron chi connectivity index (χ0n) is 19.3. The van der Waals surface area contributed by atoms with E-state index in [9.17, 15) is 0 Å². The monoisotopic (exact) mass is 492 g/mol. The Balaban J connectivity index is 1.68. The zero-order valence-corrected chi connectivity index (χ0v) is 20.9. The van der Waals surface area contributed by atoms with Crippen LogP contribution in [0.5, 0.6) is 11.5 Å². The smallest absolute Gasteiger partial charge is 0.120 e. The molecule has 0 saturated carbocycles. The molecule has 0 saturated heterocycles. The van der Waals surface area contributed by atoms with E-state index >= 15 is 0 Å². The average molecular weight is 493 g/mol. The van der Waals surface area contributed by atoms with Crippen molar-refractivity contribution in [2.45, 2.75) is 57.5 Å². The highest BCUT2D eigenvalue weighted by molar-refractivity contribution is 9.09. The van der Waals surface area contributed by atoms with E-state index in [-0.39, 0.29) is 5.60 Å². The molecule has 0 N–H and O–H groups in total. The van der Waals surface area contributed by atoms with Crippen molar-refractivity contribution in [3.63, 3.8) is 0 Å². The largest absolute Gasteiger partial charge is 0.494 e. The molecule has 0 bridgehead atoms. The zero-order chi connectivity index (χ0) is 22.6. The van der Waals surface area contributed by atoms with Crippen LogP contribution in [0, 0.1) is 0 Å². The molecule has 0 amide bonds. The number of hydrogen-bond acceptors (Lipinski definition) is 2. The third-order valence-corrected chi connectivity index (χ3v) is 6.57. The quantitative estimate of drug-likeness (QED) is 0.246. The van der Waals surface area contributed by atoms with Crippen LogP contribution in [0.15, 0.2) is 72.8 Å². The van der Waals surface area contributed by atoms with E-state index in [4.69, 9.17) is 9.47 Å². The highest BCUT2D eigenvalue weighted by atomic mass is 79.9. The Morgan fingerprint density at radius 1 is 0.875 bits per heavy atom. The maximum absolute atomic E-state index is 6.16. The number of aryl methyl sites for hydroxylation is 1. The fourth-order valence-corrected chi connectivity index (χ4v) is 4.93. The van der Waals surface area contributed by atoms with E-state index in [0.717, 1.165) is 42.7 Å². The molecule has 2 nitrogen and oxygen atoms in total. The number of hydrogen-bond donors (Lipinski definition) is 0. The summed E-state index contributed by atoms with van der Waals surface area (Å²) in [6.45, 7) is 7.03. The van der Waals surface area contributed by atoms with E-state index in [0.29, 0.717) is 11.8 Å². The molecular weight excluding hydrogens is 460 g/mol. The van der Waals surface area contributed by atoms with Crippen LogP contribution in [0.25, 0.3) is 0 Å². The maximum Gasteiger partial charge on any atom is 0.120 e. The third kappa shape index (κ3) is 5.56. The van der Waals surface area contributed by atoms with Crippen molar-refractivity contribution in [3.05, 3.63) is 95.1 Å². The molecule has 3 heteroatoms. The molecule has 0 aromatic heterocycles. The van der Waals surface area contributed by atoms with Gasteiger partial charge in [-0.15, -0.1) is 0 Å². The van der Waals surface area contributed by atoms with Gasteiger partial charge in [-0.1, -0.05) is 64.5 Å². The van der Waals surface area contributed by atoms with Crippen molar-refractivity contribution in [3.8, 4) is 11.5 Å². The molecule has 4 rings (SSSR count). The number of benzene rings is 3. The van der Waals surface area contributed by atoms with E-state index in [1.165, 1.54) is 22.3 Å². The predicted molar refractivity (Wildman–Crippen MR) is 137 cm³/mol. The molecule has 1 aliphatic carbocycles. The Bertz CT molecular complexity index is 1010. The molecule has 1 aliphatic rings. The number of fused-ring (bicyclic) bond motifs is 1. The highest BCUT2D eigenvalue weighted by Crippen LogP contribution is 2.47. The average Bonchev–Trinajstić information content (AvgIpc) is 2.78. The minimum absolute atomic E-state index is 0.195. The molecular formula is C29H33BrO2. The molecule has 3 aromatic rings. The Hall–Kier alpha value is -2.26. The van der Waals surface area contributed by atoms with Crippen molar-refractivity contribution in [1.29, 1.82) is 0 Å². The van der Waals surface area contributed by atoms with Crippen LogP contribution in [-0.2, 0) is 6.42 Å². The fourth-order valence-electron chi connectivity index (χ4n) is 4.70. The molecule has 2 atom stereocenters. The van der Waals surface area contributed by atoms with E-state index in [2.05, 4.69) is 109 Å². The first-order valence-corrected chi connectivity index (χ1v) is 12.7. The standard InChI is InChI=1S/C29H33BrO2/c1-29(2,3)32-25-15-17-27-23(20-25)12-16-26(21-8-5-4-6-9-21)28(27)22-10-13-24(14-11-22)31-19-7-18-30/h4-6,8-11,13-15,17,20,26,28H,7,12,16,18-19H2,1-3H3/t26-,28+/m1/s1. The molecule has 0 radical (unpaired) electrons. The first-order valence-electron chi connectivity index (χ1n) is 11.6. The number of rotatable bonds is 7. The summed E-state index contributed by atoms with van der Waals surface area (Å²) < 4.78 is 12.0. The molecule has 0 fully saturated rings. The van der Waals surface area contributed by atoms with Crippen molar-refractivity contribution >= 4 is 15.9 Å². The van der Waals surface area contributed by atoms with Crippen LogP contribution in [-0.4, -0.2) is 17.5 Å². The topological polar surface area (TPSA) is 18.5 Å². The van der Waals surface area contributed by atoms with Crippen LogP contribution in [0.4, 0.5) is 0 Å². The second-order valence-corrected chi connectivity index (χ2v) is 10.4. The highest BCUT2D eigenvalue weighted by Gasteiger charge is 2.32. The van der Waals surface area contributed by atoms with Gasteiger partial charge < -0.3 is 9.47 Å². The van der Waals surface area contributed by atoms with Crippen molar-refractivity contribution < 1.29 is 9.47 Å². The Morgan fingerprint density at radius 3 is 2.28 bits per heavy atom. The second kappa shape index (κ2) is 10.1. The summed E-state index contributed by atoms with van der Waals surface area (Å²) >= 11 is 3.46. The van der Waals surface area contributed by atoms with Gasteiger partial charge in [-0.25, -0.2) is 0 Å². The lowest BCUT2D eigenvalue weighted by Crippen LogP contribution is -2.24. The Morgan fingerprint density at radius 2 is 1.59 bits per heavy atom. The minimum Gasteiger partial charge on any atom is -0.494 e. The van der Waals surface area contributed by atoms with E-state index in [1.54, 1.807) is 0 Å². The van der Waals surface area contributed by atoms with Gasteiger partial charge in [0, 0.05) is 11.2 Å². The SMILES string of the molecule is CC(C)(C)Oc1ccc2c(c1)CC[C@H](c1ccccc1)[C@@H]2c1ccc(OCCCBr)cc1. The Kier molecular flexibility index (Phi) is 7.25. The van der Waals surface area contributed by atoms with Gasteiger partial charge in [0.25, 0.3) is 0 Å². The fraction of sp³-hybridized carbons (Fsp3) is 0.379. The summed E-state index contributed by atoms with van der Waals surface area (Å²) in [6, 6.07) is 26.4. The van der Waals surface area contributed by atoms with Crippen LogP contribution >= 0.6 is 15.9 Å². The van der Waals surface area contributed by atoms with Gasteiger partial charge in [-0.2, -0.15) is 0 Å². The normalized spacial score (nSPS) is 18.1. The lowest BCUT2D eigenvalue weighted by atomic mass is 9.69.